The number of halogens is 2. The van der Waals surface area contributed by atoms with Crippen LogP contribution in [0.3, 0.4) is 0 Å². The van der Waals surface area contributed by atoms with Crippen molar-refractivity contribution in [1.29, 1.82) is 0 Å². The Kier molecular flexibility index (Phi) is 6.98. The number of hydrogen-bond donors (Lipinski definition) is 1. The van der Waals surface area contributed by atoms with E-state index in [0.717, 1.165) is 32.1 Å². The van der Waals surface area contributed by atoms with Crippen LogP contribution in [-0.4, -0.2) is 51.9 Å². The van der Waals surface area contributed by atoms with E-state index in [4.69, 9.17) is 11.6 Å². The van der Waals surface area contributed by atoms with Crippen LogP contribution in [0.2, 0.25) is 5.02 Å². The van der Waals surface area contributed by atoms with Gasteiger partial charge in [-0.3, -0.25) is 14.4 Å². The number of carbonyl (C=O) groups excluding carboxylic acids is 2. The van der Waals surface area contributed by atoms with Crippen molar-refractivity contribution in [3.8, 4) is 5.75 Å². The molecule has 0 spiro atoms. The molecule has 182 valence electrons. The third kappa shape index (κ3) is 4.56. The summed E-state index contributed by atoms with van der Waals surface area (Å²) < 4.78 is 14.9. The highest BCUT2D eigenvalue weighted by molar-refractivity contribution is 6.30. The number of benzene rings is 1. The predicted molar refractivity (Wildman–Crippen MR) is 127 cm³/mol. The van der Waals surface area contributed by atoms with Crippen LogP contribution < -0.4 is 5.56 Å². The van der Waals surface area contributed by atoms with Crippen LogP contribution in [0.25, 0.3) is 0 Å². The SMILES string of the molecule is CN(C)C(=O)c1c2c(c(O)c(=O)n1CC1CCCCC1)C(=O)N(Cc1ccc(F)c(Cl)c1)CC2. The Labute approximate surface area is 202 Å². The summed E-state index contributed by atoms with van der Waals surface area (Å²) in [4.78, 5) is 42.7. The molecule has 2 amide bonds. The normalized spacial score (nSPS) is 16.5. The van der Waals surface area contributed by atoms with Gasteiger partial charge in [0.25, 0.3) is 17.4 Å². The average Bonchev–Trinajstić information content (AvgIpc) is 2.81. The molecular weight excluding hydrogens is 461 g/mol. The number of nitrogens with zero attached hydrogens (tertiary/aromatic N) is 3. The molecule has 1 N–H and O–H groups in total. The van der Waals surface area contributed by atoms with Crippen molar-refractivity contribution in [3.05, 3.63) is 61.8 Å². The maximum atomic E-state index is 13.5. The number of aromatic hydroxyl groups is 1. The zero-order chi connectivity index (χ0) is 24.6. The van der Waals surface area contributed by atoms with Gasteiger partial charge in [-0.15, -0.1) is 0 Å². The fraction of sp³-hybridized carbons (Fsp3) is 0.480. The summed E-state index contributed by atoms with van der Waals surface area (Å²) >= 11 is 5.87. The van der Waals surface area contributed by atoms with Crippen LogP contribution in [0.4, 0.5) is 4.39 Å². The van der Waals surface area contributed by atoms with Gasteiger partial charge in [0.2, 0.25) is 0 Å². The van der Waals surface area contributed by atoms with E-state index < -0.39 is 23.0 Å². The maximum Gasteiger partial charge on any atom is 0.294 e. The first-order chi connectivity index (χ1) is 16.2. The molecule has 1 aromatic heterocycles. The average molecular weight is 490 g/mol. The van der Waals surface area contributed by atoms with Crippen LogP contribution in [0.1, 0.15) is 64.1 Å². The second-order valence-electron chi connectivity index (χ2n) is 9.40. The molecule has 0 saturated heterocycles. The molecule has 1 fully saturated rings. The third-order valence-electron chi connectivity index (χ3n) is 6.81. The summed E-state index contributed by atoms with van der Waals surface area (Å²) in [5.74, 6) is -1.82. The van der Waals surface area contributed by atoms with Crippen molar-refractivity contribution >= 4 is 23.4 Å². The second kappa shape index (κ2) is 9.78. The quantitative estimate of drug-likeness (QED) is 0.692. The minimum absolute atomic E-state index is 0.0466. The van der Waals surface area contributed by atoms with Gasteiger partial charge in [0.15, 0.2) is 5.75 Å². The van der Waals surface area contributed by atoms with Gasteiger partial charge in [0.1, 0.15) is 11.5 Å². The van der Waals surface area contributed by atoms with Crippen LogP contribution in [0, 0.1) is 11.7 Å². The topological polar surface area (TPSA) is 82.9 Å². The van der Waals surface area contributed by atoms with Crippen molar-refractivity contribution in [2.75, 3.05) is 20.6 Å². The maximum absolute atomic E-state index is 13.5. The molecule has 9 heteroatoms. The molecule has 1 saturated carbocycles. The summed E-state index contributed by atoms with van der Waals surface area (Å²) in [6, 6.07) is 4.21. The van der Waals surface area contributed by atoms with E-state index in [-0.39, 0.29) is 41.2 Å². The lowest BCUT2D eigenvalue weighted by molar-refractivity contribution is 0.0719. The Bertz CT molecular complexity index is 1190. The first kappa shape index (κ1) is 24.3. The molecule has 2 aliphatic rings. The molecule has 1 aliphatic heterocycles. The second-order valence-corrected chi connectivity index (χ2v) is 9.80. The smallest absolute Gasteiger partial charge is 0.294 e. The number of aromatic nitrogens is 1. The molecule has 34 heavy (non-hydrogen) atoms. The lowest BCUT2D eigenvalue weighted by atomic mass is 9.88. The molecule has 2 heterocycles. The standard InChI is InChI=1S/C25H29ClFN3O4/c1-28(2)24(33)21-17-10-11-29(13-16-8-9-19(27)18(26)12-16)23(32)20(17)22(31)25(34)30(21)14-15-6-4-3-5-7-15/h8-9,12,15,31H,3-7,10-11,13-14H2,1-2H3. The first-order valence-electron chi connectivity index (χ1n) is 11.6. The molecule has 0 unspecified atom stereocenters. The fourth-order valence-electron chi connectivity index (χ4n) is 5.01. The van der Waals surface area contributed by atoms with E-state index in [2.05, 4.69) is 0 Å². The summed E-state index contributed by atoms with van der Waals surface area (Å²) in [7, 11) is 3.21. The zero-order valence-corrected chi connectivity index (χ0v) is 20.2. The molecule has 7 nitrogen and oxygen atoms in total. The number of amides is 2. The lowest BCUT2D eigenvalue weighted by Crippen LogP contribution is -2.43. The minimum Gasteiger partial charge on any atom is -0.502 e. The van der Waals surface area contributed by atoms with Gasteiger partial charge in [0, 0.05) is 39.3 Å². The molecule has 0 radical (unpaired) electrons. The zero-order valence-electron chi connectivity index (χ0n) is 19.4. The number of pyridine rings is 1. The van der Waals surface area contributed by atoms with Gasteiger partial charge in [-0.2, -0.15) is 0 Å². The van der Waals surface area contributed by atoms with Crippen LogP contribution in [0.15, 0.2) is 23.0 Å². The van der Waals surface area contributed by atoms with Crippen molar-refractivity contribution in [3.63, 3.8) is 0 Å². The lowest BCUT2D eigenvalue weighted by Gasteiger charge is -2.32. The van der Waals surface area contributed by atoms with E-state index in [1.807, 2.05) is 0 Å². The number of fused-ring (bicyclic) bond motifs is 1. The van der Waals surface area contributed by atoms with E-state index in [9.17, 15) is 23.9 Å². The summed E-state index contributed by atoms with van der Waals surface area (Å²) in [6.07, 6.45) is 5.55. The molecule has 4 rings (SSSR count). The first-order valence-corrected chi connectivity index (χ1v) is 12.0. The van der Waals surface area contributed by atoms with Gasteiger partial charge in [-0.05, 0) is 42.9 Å². The number of rotatable bonds is 5. The Balaban J connectivity index is 1.75. The van der Waals surface area contributed by atoms with Crippen LogP contribution in [-0.2, 0) is 19.5 Å². The number of carbonyl (C=O) groups is 2. The molecule has 2 aromatic rings. The Hall–Kier alpha value is -2.87. The monoisotopic (exact) mass is 489 g/mol. The highest BCUT2D eigenvalue weighted by Crippen LogP contribution is 2.31. The highest BCUT2D eigenvalue weighted by Gasteiger charge is 2.36. The van der Waals surface area contributed by atoms with Gasteiger partial charge < -0.3 is 19.5 Å². The van der Waals surface area contributed by atoms with Gasteiger partial charge in [-0.25, -0.2) is 4.39 Å². The largest absolute Gasteiger partial charge is 0.502 e. The highest BCUT2D eigenvalue weighted by atomic mass is 35.5. The van der Waals surface area contributed by atoms with Crippen LogP contribution in [0.5, 0.6) is 5.75 Å². The molecular formula is C25H29ClFN3O4. The van der Waals surface area contributed by atoms with Crippen molar-refractivity contribution in [1.82, 2.24) is 14.4 Å². The van der Waals surface area contributed by atoms with Crippen molar-refractivity contribution < 1.29 is 19.1 Å². The Morgan fingerprint density at radius 1 is 1.21 bits per heavy atom. The van der Waals surface area contributed by atoms with Crippen molar-refractivity contribution in [2.45, 2.75) is 51.6 Å². The van der Waals surface area contributed by atoms with E-state index in [1.54, 1.807) is 14.1 Å². The third-order valence-corrected chi connectivity index (χ3v) is 7.10. The molecule has 1 aromatic carbocycles. The Morgan fingerprint density at radius 3 is 2.56 bits per heavy atom. The van der Waals surface area contributed by atoms with Crippen LogP contribution >= 0.6 is 11.6 Å². The summed E-state index contributed by atoms with van der Waals surface area (Å²) in [5, 5.41) is 10.8. The van der Waals surface area contributed by atoms with Crippen molar-refractivity contribution in [2.24, 2.45) is 5.92 Å². The van der Waals surface area contributed by atoms with Gasteiger partial charge in [-0.1, -0.05) is 36.9 Å². The Morgan fingerprint density at radius 2 is 1.91 bits per heavy atom. The molecule has 1 aliphatic carbocycles. The van der Waals surface area contributed by atoms with E-state index >= 15 is 0 Å². The van der Waals surface area contributed by atoms with Gasteiger partial charge in [0.05, 0.1) is 10.6 Å². The molecule has 0 atom stereocenters. The van der Waals surface area contributed by atoms with E-state index in [0.29, 0.717) is 24.1 Å². The number of hydrogen-bond acceptors (Lipinski definition) is 4. The fourth-order valence-corrected chi connectivity index (χ4v) is 5.21. The molecule has 0 bridgehead atoms. The van der Waals surface area contributed by atoms with Gasteiger partial charge >= 0.3 is 0 Å². The minimum atomic E-state index is -0.713. The summed E-state index contributed by atoms with van der Waals surface area (Å²) in [5.41, 5.74) is 0.387. The van der Waals surface area contributed by atoms with E-state index in [1.165, 1.54) is 32.6 Å². The predicted octanol–water partition coefficient (Wildman–Crippen LogP) is 3.83. The summed E-state index contributed by atoms with van der Waals surface area (Å²) in [6.45, 7) is 0.774.